The highest BCUT2D eigenvalue weighted by molar-refractivity contribution is 7.99. The Labute approximate surface area is 191 Å². The van der Waals surface area contributed by atoms with Gasteiger partial charge in [-0.2, -0.15) is 0 Å². The molecule has 0 aliphatic carbocycles. The standard InChI is InChI=1S/C29H44S/c1-3-5-7-9-11-13-15-25-30-29-23-21-28(22-24-29)27-19-17-26(18-20-27)16-14-12-10-8-6-4-2/h17-24H,3-16,25H2,1-2H3. The third-order valence-electron chi connectivity index (χ3n) is 5.98. The van der Waals surface area contributed by atoms with Crippen molar-refractivity contribution in [1.29, 1.82) is 0 Å². The number of benzene rings is 2. The van der Waals surface area contributed by atoms with E-state index in [-0.39, 0.29) is 0 Å². The highest BCUT2D eigenvalue weighted by Gasteiger charge is 2.01. The van der Waals surface area contributed by atoms with Gasteiger partial charge in [0.1, 0.15) is 0 Å². The zero-order valence-electron chi connectivity index (χ0n) is 19.6. The van der Waals surface area contributed by atoms with Crippen molar-refractivity contribution in [3.63, 3.8) is 0 Å². The van der Waals surface area contributed by atoms with Crippen molar-refractivity contribution in [2.45, 2.75) is 109 Å². The first kappa shape index (κ1) is 25.1. The van der Waals surface area contributed by atoms with Crippen LogP contribution in [0.15, 0.2) is 53.4 Å². The predicted molar refractivity (Wildman–Crippen MR) is 138 cm³/mol. The molecule has 0 radical (unpaired) electrons. The molecule has 0 fully saturated rings. The molecular formula is C29H44S. The summed E-state index contributed by atoms with van der Waals surface area (Å²) in [5.41, 5.74) is 4.16. The average Bonchev–Trinajstić information content (AvgIpc) is 2.79. The van der Waals surface area contributed by atoms with E-state index in [1.807, 2.05) is 11.8 Å². The molecule has 0 bridgehead atoms. The van der Waals surface area contributed by atoms with E-state index in [1.165, 1.54) is 117 Å². The summed E-state index contributed by atoms with van der Waals surface area (Å²) >= 11 is 2.01. The number of aryl methyl sites for hydroxylation is 1. The first-order valence-corrected chi connectivity index (χ1v) is 13.6. The second-order valence-electron chi connectivity index (χ2n) is 8.71. The summed E-state index contributed by atoms with van der Waals surface area (Å²) in [6, 6.07) is 18.4. The predicted octanol–water partition coefficient (Wildman–Crippen LogP) is 10.1. The molecule has 0 aromatic heterocycles. The van der Waals surface area contributed by atoms with Crippen molar-refractivity contribution in [3.05, 3.63) is 54.1 Å². The summed E-state index contributed by atoms with van der Waals surface area (Å²) in [7, 11) is 0. The van der Waals surface area contributed by atoms with Crippen LogP contribution in [-0.2, 0) is 6.42 Å². The van der Waals surface area contributed by atoms with Gasteiger partial charge in [0.05, 0.1) is 0 Å². The molecule has 2 aromatic carbocycles. The summed E-state index contributed by atoms with van der Waals surface area (Å²) in [6.45, 7) is 4.57. The quantitative estimate of drug-likeness (QED) is 0.180. The minimum Gasteiger partial charge on any atom is -0.126 e. The van der Waals surface area contributed by atoms with E-state index < -0.39 is 0 Å². The molecule has 2 rings (SSSR count). The molecule has 0 nitrogen and oxygen atoms in total. The van der Waals surface area contributed by atoms with E-state index in [0.29, 0.717) is 0 Å². The van der Waals surface area contributed by atoms with Crippen molar-refractivity contribution >= 4 is 11.8 Å². The van der Waals surface area contributed by atoms with Gasteiger partial charge in [0, 0.05) is 4.90 Å². The van der Waals surface area contributed by atoms with Gasteiger partial charge < -0.3 is 0 Å². The van der Waals surface area contributed by atoms with Crippen molar-refractivity contribution in [2.24, 2.45) is 0 Å². The van der Waals surface area contributed by atoms with E-state index in [4.69, 9.17) is 0 Å². The van der Waals surface area contributed by atoms with Gasteiger partial charge in [-0.1, -0.05) is 121 Å². The summed E-state index contributed by atoms with van der Waals surface area (Å²) in [4.78, 5) is 1.41. The Hall–Kier alpha value is -1.21. The number of hydrogen-bond acceptors (Lipinski definition) is 1. The van der Waals surface area contributed by atoms with Crippen molar-refractivity contribution < 1.29 is 0 Å². The maximum Gasteiger partial charge on any atom is 0.00723 e. The molecule has 0 heterocycles. The zero-order valence-corrected chi connectivity index (χ0v) is 20.5. The van der Waals surface area contributed by atoms with E-state index in [1.54, 1.807) is 0 Å². The van der Waals surface area contributed by atoms with Gasteiger partial charge in [-0.05, 0) is 53.8 Å². The summed E-state index contributed by atoms with van der Waals surface area (Å²) in [5, 5.41) is 0. The van der Waals surface area contributed by atoms with Crippen LogP contribution >= 0.6 is 11.8 Å². The fraction of sp³-hybridized carbons (Fsp3) is 0.586. The van der Waals surface area contributed by atoms with Crippen molar-refractivity contribution in [1.82, 2.24) is 0 Å². The lowest BCUT2D eigenvalue weighted by Gasteiger charge is -2.07. The average molecular weight is 425 g/mol. The molecule has 0 N–H and O–H groups in total. The fourth-order valence-electron chi connectivity index (χ4n) is 3.97. The smallest absolute Gasteiger partial charge is 0.00723 e. The molecule has 166 valence electrons. The topological polar surface area (TPSA) is 0 Å². The zero-order chi connectivity index (χ0) is 21.3. The highest BCUT2D eigenvalue weighted by Crippen LogP contribution is 2.26. The molecule has 0 aliphatic rings. The third-order valence-corrected chi connectivity index (χ3v) is 7.08. The Morgan fingerprint density at radius 3 is 1.53 bits per heavy atom. The van der Waals surface area contributed by atoms with E-state index in [0.717, 1.165) is 0 Å². The maximum absolute atomic E-state index is 2.32. The lowest BCUT2D eigenvalue weighted by molar-refractivity contribution is 0.603. The van der Waals surface area contributed by atoms with Crippen LogP contribution in [-0.4, -0.2) is 5.75 Å². The molecule has 0 spiro atoms. The van der Waals surface area contributed by atoms with Crippen LogP contribution in [0.2, 0.25) is 0 Å². The first-order valence-electron chi connectivity index (χ1n) is 12.7. The molecule has 0 aliphatic heterocycles. The lowest BCUT2D eigenvalue weighted by atomic mass is 10.0. The van der Waals surface area contributed by atoms with Crippen LogP contribution in [0, 0.1) is 0 Å². The molecule has 1 heteroatoms. The Balaban J connectivity index is 1.65. The lowest BCUT2D eigenvalue weighted by Crippen LogP contribution is -1.87. The molecule has 2 aromatic rings. The Kier molecular flexibility index (Phi) is 13.8. The Morgan fingerprint density at radius 1 is 0.500 bits per heavy atom. The van der Waals surface area contributed by atoms with Crippen LogP contribution in [0.1, 0.15) is 103 Å². The molecule has 30 heavy (non-hydrogen) atoms. The van der Waals surface area contributed by atoms with Crippen LogP contribution in [0.25, 0.3) is 11.1 Å². The van der Waals surface area contributed by atoms with Crippen LogP contribution < -0.4 is 0 Å². The van der Waals surface area contributed by atoms with E-state index in [2.05, 4.69) is 62.4 Å². The van der Waals surface area contributed by atoms with E-state index in [9.17, 15) is 0 Å². The van der Waals surface area contributed by atoms with Gasteiger partial charge in [-0.3, -0.25) is 0 Å². The minimum absolute atomic E-state index is 1.22. The van der Waals surface area contributed by atoms with Gasteiger partial charge in [-0.25, -0.2) is 0 Å². The molecule has 0 unspecified atom stereocenters. The Bertz CT molecular complexity index is 641. The van der Waals surface area contributed by atoms with Gasteiger partial charge in [0.25, 0.3) is 0 Å². The number of rotatable bonds is 17. The van der Waals surface area contributed by atoms with Gasteiger partial charge >= 0.3 is 0 Å². The number of hydrogen-bond donors (Lipinski definition) is 0. The SMILES string of the molecule is CCCCCCCCCSc1ccc(-c2ccc(CCCCCCCC)cc2)cc1. The van der Waals surface area contributed by atoms with Crippen LogP contribution in [0.3, 0.4) is 0 Å². The van der Waals surface area contributed by atoms with Crippen molar-refractivity contribution in [2.75, 3.05) is 5.75 Å². The largest absolute Gasteiger partial charge is 0.126 e. The minimum atomic E-state index is 1.22. The Morgan fingerprint density at radius 2 is 0.967 bits per heavy atom. The molecule has 0 amide bonds. The maximum atomic E-state index is 2.32. The molecule has 0 saturated carbocycles. The van der Waals surface area contributed by atoms with E-state index >= 15 is 0 Å². The fourth-order valence-corrected chi connectivity index (χ4v) is 4.88. The third kappa shape index (κ3) is 10.7. The van der Waals surface area contributed by atoms with Gasteiger partial charge in [-0.15, -0.1) is 11.8 Å². The number of unbranched alkanes of at least 4 members (excludes halogenated alkanes) is 11. The van der Waals surface area contributed by atoms with Crippen LogP contribution in [0.5, 0.6) is 0 Å². The second-order valence-corrected chi connectivity index (χ2v) is 9.88. The van der Waals surface area contributed by atoms with Crippen LogP contribution in [0.4, 0.5) is 0 Å². The van der Waals surface area contributed by atoms with Gasteiger partial charge in [0.2, 0.25) is 0 Å². The van der Waals surface area contributed by atoms with Crippen molar-refractivity contribution in [3.8, 4) is 11.1 Å². The summed E-state index contributed by atoms with van der Waals surface area (Å²) < 4.78 is 0. The molecule has 0 atom stereocenters. The van der Waals surface area contributed by atoms with Gasteiger partial charge in [0.15, 0.2) is 0 Å². The second kappa shape index (κ2) is 16.5. The highest BCUT2D eigenvalue weighted by atomic mass is 32.2. The first-order chi connectivity index (χ1) is 14.8. The monoisotopic (exact) mass is 424 g/mol. The molecule has 0 saturated heterocycles. The number of thioether (sulfide) groups is 1. The summed E-state index contributed by atoms with van der Waals surface area (Å²) in [6.07, 6.45) is 19.2. The molecular weight excluding hydrogens is 380 g/mol. The normalized spacial score (nSPS) is 11.1. The summed E-state index contributed by atoms with van der Waals surface area (Å²) in [5.74, 6) is 1.25.